The number of fused-ring (bicyclic) bond motifs is 1. The summed E-state index contributed by atoms with van der Waals surface area (Å²) in [4.78, 5) is 15.4. The molecular formula is C19H17N3OS2. The molecule has 1 aromatic heterocycles. The molecular weight excluding hydrogens is 350 g/mol. The summed E-state index contributed by atoms with van der Waals surface area (Å²) in [5.74, 6) is 0.378. The van der Waals surface area contributed by atoms with Crippen molar-refractivity contribution in [3.8, 4) is 5.69 Å². The van der Waals surface area contributed by atoms with E-state index in [4.69, 9.17) is 18.0 Å². The predicted molar refractivity (Wildman–Crippen MR) is 104 cm³/mol. The van der Waals surface area contributed by atoms with Crippen LogP contribution in [0.3, 0.4) is 0 Å². The first-order chi connectivity index (χ1) is 12.1. The van der Waals surface area contributed by atoms with Gasteiger partial charge in [-0.3, -0.25) is 9.36 Å². The molecule has 2 heterocycles. The molecule has 0 unspecified atom stereocenters. The Kier molecular flexibility index (Phi) is 4.15. The first kappa shape index (κ1) is 16.1. The van der Waals surface area contributed by atoms with E-state index in [0.29, 0.717) is 27.7 Å². The fourth-order valence-electron chi connectivity index (χ4n) is 3.17. The highest BCUT2D eigenvalue weighted by atomic mass is 32.1. The number of nitrogens with zero attached hydrogens (tertiary/aromatic N) is 2. The molecule has 2 N–H and O–H groups in total. The van der Waals surface area contributed by atoms with E-state index in [0.717, 1.165) is 12.1 Å². The molecule has 4 rings (SSSR count). The third-order valence-corrected chi connectivity index (χ3v) is 5.85. The molecule has 4 nitrogen and oxygen atoms in total. The van der Waals surface area contributed by atoms with Gasteiger partial charge in [0.15, 0.2) is 3.95 Å². The van der Waals surface area contributed by atoms with Crippen LogP contribution in [0.15, 0.2) is 54.6 Å². The number of anilines is 1. The van der Waals surface area contributed by atoms with E-state index in [1.165, 1.54) is 22.5 Å². The van der Waals surface area contributed by atoms with E-state index < -0.39 is 0 Å². The van der Waals surface area contributed by atoms with Crippen LogP contribution in [0.1, 0.15) is 20.8 Å². The van der Waals surface area contributed by atoms with Crippen LogP contribution in [0.4, 0.5) is 5.82 Å². The van der Waals surface area contributed by atoms with Crippen molar-refractivity contribution in [1.29, 1.82) is 0 Å². The lowest BCUT2D eigenvalue weighted by atomic mass is 10.00. The minimum absolute atomic E-state index is 0.0437. The van der Waals surface area contributed by atoms with Gasteiger partial charge in [0, 0.05) is 18.8 Å². The minimum atomic E-state index is -0.0437. The summed E-state index contributed by atoms with van der Waals surface area (Å²) in [7, 11) is 0. The van der Waals surface area contributed by atoms with Crippen molar-refractivity contribution in [2.45, 2.75) is 13.0 Å². The highest BCUT2D eigenvalue weighted by Gasteiger charge is 2.26. The third-order valence-electron chi connectivity index (χ3n) is 4.47. The second-order valence-corrected chi connectivity index (χ2v) is 7.64. The highest BCUT2D eigenvalue weighted by Crippen LogP contribution is 2.29. The van der Waals surface area contributed by atoms with Crippen molar-refractivity contribution in [3.63, 3.8) is 0 Å². The zero-order valence-corrected chi connectivity index (χ0v) is 15.1. The number of benzene rings is 2. The molecule has 2 aromatic carbocycles. The molecule has 0 fully saturated rings. The maximum atomic E-state index is 13.0. The van der Waals surface area contributed by atoms with Gasteiger partial charge in [0.25, 0.3) is 5.91 Å². The number of rotatable bonds is 2. The molecule has 126 valence electrons. The standard InChI is InChI=1S/C19H17N3OS2/c20-17-16(25-19(24)22(17)15-8-2-1-3-9-15)18(23)21-11-10-13-6-4-5-7-14(13)12-21/h1-9H,10-12,20H2. The van der Waals surface area contributed by atoms with Gasteiger partial charge in [-0.05, 0) is 41.9 Å². The average molecular weight is 367 g/mol. The quantitative estimate of drug-likeness (QED) is 0.695. The molecule has 1 amide bonds. The van der Waals surface area contributed by atoms with Crippen LogP contribution >= 0.6 is 23.6 Å². The number of hydrogen-bond donors (Lipinski definition) is 1. The number of hydrogen-bond acceptors (Lipinski definition) is 4. The number of aromatic nitrogens is 1. The van der Waals surface area contributed by atoms with E-state index in [9.17, 15) is 4.79 Å². The Morgan fingerprint density at radius 2 is 1.72 bits per heavy atom. The van der Waals surface area contributed by atoms with Gasteiger partial charge in [-0.25, -0.2) is 0 Å². The summed E-state index contributed by atoms with van der Waals surface area (Å²) in [6.45, 7) is 1.32. The van der Waals surface area contributed by atoms with Crippen molar-refractivity contribution in [2.24, 2.45) is 0 Å². The number of thiazole rings is 1. The summed E-state index contributed by atoms with van der Waals surface area (Å²) >= 11 is 6.74. The smallest absolute Gasteiger partial charge is 0.268 e. The number of nitrogen functional groups attached to an aromatic ring is 1. The third kappa shape index (κ3) is 2.88. The Hall–Kier alpha value is -2.44. The van der Waals surface area contributed by atoms with Gasteiger partial charge >= 0.3 is 0 Å². The van der Waals surface area contributed by atoms with Gasteiger partial charge in [0.1, 0.15) is 10.7 Å². The largest absolute Gasteiger partial charge is 0.383 e. The summed E-state index contributed by atoms with van der Waals surface area (Å²) < 4.78 is 2.36. The molecule has 1 aliphatic rings. The fourth-order valence-corrected chi connectivity index (χ4v) is 4.51. The molecule has 6 heteroatoms. The predicted octanol–water partition coefficient (Wildman–Crippen LogP) is 4.05. The van der Waals surface area contributed by atoms with Crippen LogP contribution in [-0.2, 0) is 13.0 Å². The zero-order valence-electron chi connectivity index (χ0n) is 13.5. The Morgan fingerprint density at radius 3 is 2.48 bits per heavy atom. The first-order valence-corrected chi connectivity index (χ1v) is 9.30. The number of carbonyl (C=O) groups excluding carboxylic acids is 1. The van der Waals surface area contributed by atoms with Crippen molar-refractivity contribution >= 4 is 35.3 Å². The van der Waals surface area contributed by atoms with Gasteiger partial charge in [0.05, 0.1) is 0 Å². The van der Waals surface area contributed by atoms with E-state index >= 15 is 0 Å². The molecule has 1 aliphatic heterocycles. The zero-order chi connectivity index (χ0) is 17.4. The minimum Gasteiger partial charge on any atom is -0.383 e. The SMILES string of the molecule is Nc1c(C(=O)N2CCc3ccccc3C2)sc(=S)n1-c1ccccc1. The van der Waals surface area contributed by atoms with Crippen molar-refractivity contribution < 1.29 is 4.79 Å². The molecule has 3 aromatic rings. The topological polar surface area (TPSA) is 51.3 Å². The average Bonchev–Trinajstić information content (AvgIpc) is 2.95. The van der Waals surface area contributed by atoms with Crippen LogP contribution in [-0.4, -0.2) is 21.9 Å². The molecule has 0 saturated heterocycles. The lowest BCUT2D eigenvalue weighted by Gasteiger charge is -2.28. The molecule has 0 bridgehead atoms. The van der Waals surface area contributed by atoms with Crippen LogP contribution in [0.2, 0.25) is 0 Å². The Balaban J connectivity index is 1.67. The lowest BCUT2D eigenvalue weighted by Crippen LogP contribution is -2.35. The molecule has 0 radical (unpaired) electrons. The number of carbonyl (C=O) groups is 1. The highest BCUT2D eigenvalue weighted by molar-refractivity contribution is 7.73. The normalized spacial score (nSPS) is 13.5. The van der Waals surface area contributed by atoms with Crippen molar-refractivity contribution in [3.05, 3.63) is 74.6 Å². The molecule has 0 atom stereocenters. The number of nitrogens with two attached hydrogens (primary N) is 1. The molecule has 0 spiro atoms. The van der Waals surface area contributed by atoms with Gasteiger partial charge in [-0.1, -0.05) is 53.8 Å². The van der Waals surface area contributed by atoms with E-state index in [-0.39, 0.29) is 5.91 Å². The van der Waals surface area contributed by atoms with Crippen molar-refractivity contribution in [2.75, 3.05) is 12.3 Å². The van der Waals surface area contributed by atoms with Gasteiger partial charge in [-0.15, -0.1) is 0 Å². The summed E-state index contributed by atoms with van der Waals surface area (Å²) in [5.41, 5.74) is 9.69. The van der Waals surface area contributed by atoms with Crippen LogP contribution in [0.5, 0.6) is 0 Å². The monoisotopic (exact) mass is 367 g/mol. The summed E-state index contributed by atoms with van der Waals surface area (Å²) in [6, 6.07) is 17.9. The number of para-hydroxylation sites is 1. The van der Waals surface area contributed by atoms with Crippen LogP contribution in [0.25, 0.3) is 5.69 Å². The number of amides is 1. The van der Waals surface area contributed by atoms with Crippen molar-refractivity contribution in [1.82, 2.24) is 9.47 Å². The molecule has 0 aliphatic carbocycles. The Labute approximate surface area is 155 Å². The van der Waals surface area contributed by atoms with Gasteiger partial charge in [0.2, 0.25) is 0 Å². The fraction of sp³-hybridized carbons (Fsp3) is 0.158. The van der Waals surface area contributed by atoms with E-state index in [1.54, 1.807) is 4.57 Å². The Bertz CT molecular complexity index is 991. The maximum Gasteiger partial charge on any atom is 0.268 e. The first-order valence-electron chi connectivity index (χ1n) is 8.08. The molecule has 0 saturated carbocycles. The second-order valence-electron chi connectivity index (χ2n) is 6.00. The van der Waals surface area contributed by atoms with E-state index in [2.05, 4.69) is 12.1 Å². The van der Waals surface area contributed by atoms with E-state index in [1.807, 2.05) is 47.4 Å². The summed E-state index contributed by atoms with van der Waals surface area (Å²) in [5, 5.41) is 0. The van der Waals surface area contributed by atoms with Gasteiger partial charge in [-0.2, -0.15) is 0 Å². The lowest BCUT2D eigenvalue weighted by molar-refractivity contribution is 0.0740. The maximum absolute atomic E-state index is 13.0. The van der Waals surface area contributed by atoms with Crippen LogP contribution < -0.4 is 5.73 Å². The van der Waals surface area contributed by atoms with Crippen LogP contribution in [0, 0.1) is 3.95 Å². The Morgan fingerprint density at radius 1 is 1.04 bits per heavy atom. The second kappa shape index (κ2) is 6.46. The molecule has 25 heavy (non-hydrogen) atoms. The van der Waals surface area contributed by atoms with Gasteiger partial charge < -0.3 is 10.6 Å². The summed E-state index contributed by atoms with van der Waals surface area (Å²) in [6.07, 6.45) is 0.868.